The number of nitrogens with two attached hydrogens (primary N) is 1. The van der Waals surface area contributed by atoms with E-state index in [9.17, 15) is 19.2 Å². The van der Waals surface area contributed by atoms with Gasteiger partial charge in [-0.1, -0.05) is 66.7 Å². The molecular weight excluding hydrogens is 548 g/mol. The molecular formula is C32H32N6O5. The van der Waals surface area contributed by atoms with Crippen molar-refractivity contribution in [1.82, 2.24) is 25.9 Å². The van der Waals surface area contributed by atoms with Crippen LogP contribution in [0.1, 0.15) is 16.7 Å². The first-order valence-electron chi connectivity index (χ1n) is 13.8. The summed E-state index contributed by atoms with van der Waals surface area (Å²) >= 11 is 0. The number of primary amides is 1. The van der Waals surface area contributed by atoms with Gasteiger partial charge in [0, 0.05) is 47.0 Å². The lowest BCUT2D eigenvalue weighted by Crippen LogP contribution is -2.55. The van der Waals surface area contributed by atoms with Crippen LogP contribution in [0.3, 0.4) is 0 Å². The molecule has 4 amide bonds. The van der Waals surface area contributed by atoms with Crippen molar-refractivity contribution in [3.8, 4) is 0 Å². The zero-order valence-corrected chi connectivity index (χ0v) is 23.3. The van der Waals surface area contributed by atoms with Gasteiger partial charge >= 0.3 is 6.09 Å². The van der Waals surface area contributed by atoms with Crippen LogP contribution < -0.4 is 21.7 Å². The number of carbonyl (C=O) groups excluding carboxylic acids is 4. The molecule has 0 radical (unpaired) electrons. The van der Waals surface area contributed by atoms with Gasteiger partial charge in [-0.3, -0.25) is 14.4 Å². The number of alkyl carbamates (subject to hydrolysis) is 1. The van der Waals surface area contributed by atoms with Crippen LogP contribution in [0.4, 0.5) is 4.79 Å². The normalized spacial score (nSPS) is 12.4. The zero-order chi connectivity index (χ0) is 30.2. The maximum absolute atomic E-state index is 13.8. The molecule has 2 aromatic heterocycles. The lowest BCUT2D eigenvalue weighted by atomic mass is 10.0. The van der Waals surface area contributed by atoms with Gasteiger partial charge < -0.3 is 36.4 Å². The lowest BCUT2D eigenvalue weighted by Gasteiger charge is -2.23. The van der Waals surface area contributed by atoms with Crippen molar-refractivity contribution in [2.75, 3.05) is 6.54 Å². The molecule has 0 bridgehead atoms. The number of carbonyl (C=O) groups is 4. The summed E-state index contributed by atoms with van der Waals surface area (Å²) in [6.07, 6.45) is 3.02. The van der Waals surface area contributed by atoms with Crippen molar-refractivity contribution in [1.29, 1.82) is 0 Å². The third-order valence-electron chi connectivity index (χ3n) is 7.09. The van der Waals surface area contributed by atoms with E-state index >= 15 is 0 Å². The molecule has 2 unspecified atom stereocenters. The summed E-state index contributed by atoms with van der Waals surface area (Å²) in [4.78, 5) is 57.5. The van der Waals surface area contributed by atoms with Crippen molar-refractivity contribution in [3.05, 3.63) is 108 Å². The minimum Gasteiger partial charge on any atom is -0.445 e. The SMILES string of the molecule is NC(=O)CNC(=O)C(Cc1c[nH]c2ccccc12)NC(=O)C(Cc1c[nH]c2ccccc12)NC(=O)OCc1ccccc1. The third kappa shape index (κ3) is 7.39. The first-order chi connectivity index (χ1) is 20.9. The molecule has 5 rings (SSSR count). The van der Waals surface area contributed by atoms with Crippen LogP contribution in [-0.4, -0.2) is 52.4 Å². The number of fused-ring (bicyclic) bond motifs is 2. The predicted octanol–water partition coefficient (Wildman–Crippen LogP) is 2.82. The van der Waals surface area contributed by atoms with Gasteiger partial charge in [0.25, 0.3) is 0 Å². The van der Waals surface area contributed by atoms with E-state index in [4.69, 9.17) is 10.5 Å². The monoisotopic (exact) mass is 580 g/mol. The lowest BCUT2D eigenvalue weighted by molar-refractivity contribution is -0.130. The molecule has 11 heteroatoms. The average molecular weight is 581 g/mol. The molecule has 0 saturated carbocycles. The van der Waals surface area contributed by atoms with Crippen molar-refractivity contribution in [3.63, 3.8) is 0 Å². The van der Waals surface area contributed by atoms with Crippen LogP contribution in [-0.2, 0) is 38.6 Å². The number of para-hydroxylation sites is 2. The average Bonchev–Trinajstić information content (AvgIpc) is 3.62. The molecule has 0 aliphatic rings. The molecule has 2 atom stereocenters. The van der Waals surface area contributed by atoms with Crippen LogP contribution in [0, 0.1) is 0 Å². The number of hydrogen-bond donors (Lipinski definition) is 6. The summed E-state index contributed by atoms with van der Waals surface area (Å²) < 4.78 is 5.39. The van der Waals surface area contributed by atoms with Crippen molar-refractivity contribution in [2.45, 2.75) is 31.5 Å². The molecule has 5 aromatic rings. The molecule has 0 saturated heterocycles. The van der Waals surface area contributed by atoms with Gasteiger partial charge in [-0.05, 0) is 28.8 Å². The summed E-state index contributed by atoms with van der Waals surface area (Å²) in [5, 5.41) is 9.73. The Morgan fingerprint density at radius 3 is 1.81 bits per heavy atom. The second-order valence-corrected chi connectivity index (χ2v) is 10.1. The van der Waals surface area contributed by atoms with E-state index in [0.29, 0.717) is 0 Å². The van der Waals surface area contributed by atoms with E-state index in [1.165, 1.54) is 0 Å². The molecule has 0 aliphatic heterocycles. The molecule has 0 spiro atoms. The first kappa shape index (κ1) is 28.9. The molecule has 43 heavy (non-hydrogen) atoms. The van der Waals surface area contributed by atoms with E-state index in [-0.39, 0.29) is 26.0 Å². The minimum atomic E-state index is -1.09. The van der Waals surface area contributed by atoms with Crippen LogP contribution in [0.2, 0.25) is 0 Å². The fourth-order valence-electron chi connectivity index (χ4n) is 4.94. The summed E-state index contributed by atoms with van der Waals surface area (Å²) in [7, 11) is 0. The van der Waals surface area contributed by atoms with Crippen molar-refractivity contribution < 1.29 is 23.9 Å². The molecule has 3 aromatic carbocycles. The quantitative estimate of drug-likeness (QED) is 0.133. The van der Waals surface area contributed by atoms with Crippen molar-refractivity contribution in [2.24, 2.45) is 5.73 Å². The van der Waals surface area contributed by atoms with E-state index in [1.807, 2.05) is 78.9 Å². The van der Waals surface area contributed by atoms with Gasteiger partial charge in [0.05, 0.1) is 6.54 Å². The van der Waals surface area contributed by atoms with Gasteiger partial charge in [-0.15, -0.1) is 0 Å². The maximum Gasteiger partial charge on any atom is 0.408 e. The predicted molar refractivity (Wildman–Crippen MR) is 162 cm³/mol. The maximum atomic E-state index is 13.8. The minimum absolute atomic E-state index is 0.0206. The summed E-state index contributed by atoms with van der Waals surface area (Å²) in [5.74, 6) is -1.90. The molecule has 11 nitrogen and oxygen atoms in total. The number of H-pyrrole nitrogens is 2. The zero-order valence-electron chi connectivity index (χ0n) is 23.3. The van der Waals surface area contributed by atoms with Crippen LogP contribution in [0.5, 0.6) is 0 Å². The smallest absolute Gasteiger partial charge is 0.408 e. The van der Waals surface area contributed by atoms with E-state index in [0.717, 1.165) is 38.5 Å². The van der Waals surface area contributed by atoms with Crippen LogP contribution in [0.25, 0.3) is 21.8 Å². The highest BCUT2D eigenvalue weighted by Gasteiger charge is 2.29. The first-order valence-corrected chi connectivity index (χ1v) is 13.8. The molecule has 2 heterocycles. The highest BCUT2D eigenvalue weighted by Crippen LogP contribution is 2.21. The largest absolute Gasteiger partial charge is 0.445 e. The standard InChI is InChI=1S/C32H32N6O5/c33-29(39)18-36-30(40)27(14-21-16-34-25-12-6-4-10-23(21)25)37-31(41)28(15-22-17-35-26-13-7-5-11-24(22)26)38-32(42)43-19-20-8-2-1-3-9-20/h1-13,16-17,27-28,34-35H,14-15,18-19H2,(H2,33,39)(H,36,40)(H,37,41)(H,38,42). The molecule has 0 fully saturated rings. The number of rotatable bonds is 12. The number of aromatic amines is 2. The van der Waals surface area contributed by atoms with Gasteiger partial charge in [-0.25, -0.2) is 4.79 Å². The third-order valence-corrected chi connectivity index (χ3v) is 7.09. The van der Waals surface area contributed by atoms with Crippen molar-refractivity contribution >= 4 is 45.6 Å². The second kappa shape index (κ2) is 13.4. The van der Waals surface area contributed by atoms with Crippen LogP contribution >= 0.6 is 0 Å². The molecule has 0 aliphatic carbocycles. The second-order valence-electron chi connectivity index (χ2n) is 10.1. The Morgan fingerprint density at radius 2 is 1.23 bits per heavy atom. The number of nitrogens with one attached hydrogen (secondary N) is 5. The van der Waals surface area contributed by atoms with Crippen LogP contribution in [0.15, 0.2) is 91.3 Å². The Kier molecular flexibility index (Phi) is 9.01. The van der Waals surface area contributed by atoms with Gasteiger partial charge in [0.2, 0.25) is 17.7 Å². The molecule has 220 valence electrons. The number of hydrogen-bond acceptors (Lipinski definition) is 5. The Balaban J connectivity index is 1.37. The summed E-state index contributed by atoms with van der Waals surface area (Å²) in [6.45, 7) is -0.366. The van der Waals surface area contributed by atoms with E-state index in [2.05, 4.69) is 25.9 Å². The highest BCUT2D eigenvalue weighted by atomic mass is 16.5. The topological polar surface area (TPSA) is 171 Å². The number of amides is 4. The summed E-state index contributed by atoms with van der Waals surface area (Å²) in [6, 6.07) is 22.2. The fraction of sp³-hybridized carbons (Fsp3) is 0.188. The van der Waals surface area contributed by atoms with Gasteiger partial charge in [0.15, 0.2) is 0 Å². The van der Waals surface area contributed by atoms with E-state index in [1.54, 1.807) is 12.4 Å². The Morgan fingerprint density at radius 1 is 0.698 bits per heavy atom. The Bertz CT molecular complexity index is 1740. The van der Waals surface area contributed by atoms with Gasteiger partial charge in [-0.2, -0.15) is 0 Å². The number of benzene rings is 3. The Labute approximate surface area is 247 Å². The number of aromatic nitrogens is 2. The molecule has 7 N–H and O–H groups in total. The fourth-order valence-corrected chi connectivity index (χ4v) is 4.94. The van der Waals surface area contributed by atoms with E-state index < -0.39 is 35.9 Å². The summed E-state index contributed by atoms with van der Waals surface area (Å²) in [5.41, 5.74) is 9.37. The highest BCUT2D eigenvalue weighted by molar-refractivity contribution is 5.94. The van der Waals surface area contributed by atoms with Gasteiger partial charge in [0.1, 0.15) is 18.7 Å². The Hall–Kier alpha value is -5.58. The number of ether oxygens (including phenoxy) is 1.